The third-order valence-electron chi connectivity index (χ3n) is 5.58. The number of aromatic nitrogens is 2. The van der Waals surface area contributed by atoms with Crippen molar-refractivity contribution in [2.75, 3.05) is 11.1 Å². The van der Waals surface area contributed by atoms with E-state index < -0.39 is 0 Å². The summed E-state index contributed by atoms with van der Waals surface area (Å²) in [5.74, 6) is -0.0199. The van der Waals surface area contributed by atoms with Gasteiger partial charge >= 0.3 is 0 Å². The molecule has 0 saturated carbocycles. The molecule has 0 aliphatic carbocycles. The lowest BCUT2D eigenvalue weighted by molar-refractivity contribution is -0.113. The van der Waals surface area contributed by atoms with Crippen LogP contribution in [0.5, 0.6) is 0 Å². The molecule has 0 fully saturated rings. The first kappa shape index (κ1) is 25.3. The minimum absolute atomic E-state index is 0.0553. The van der Waals surface area contributed by atoms with Crippen molar-refractivity contribution in [2.45, 2.75) is 44.3 Å². The van der Waals surface area contributed by atoms with Crippen molar-refractivity contribution in [3.05, 3.63) is 89.2 Å². The maximum atomic E-state index is 13.1. The third-order valence-corrected chi connectivity index (χ3v) is 6.56. The summed E-state index contributed by atoms with van der Waals surface area (Å²) in [4.78, 5) is 30.5. The van der Waals surface area contributed by atoms with E-state index in [9.17, 15) is 9.59 Å². The van der Waals surface area contributed by atoms with E-state index in [4.69, 9.17) is 4.98 Å². The molecule has 1 heterocycles. The minimum atomic E-state index is -0.168. The molecule has 0 unspecified atom stereocenters. The average molecular weight is 500 g/mol. The summed E-state index contributed by atoms with van der Waals surface area (Å²) in [6, 6.07) is 24.0. The van der Waals surface area contributed by atoms with Gasteiger partial charge in [0.25, 0.3) is 5.56 Å². The predicted octanol–water partition coefficient (Wildman–Crippen LogP) is 7.12. The van der Waals surface area contributed by atoms with E-state index in [1.165, 1.54) is 11.8 Å². The van der Waals surface area contributed by atoms with Gasteiger partial charge in [0, 0.05) is 12.2 Å². The summed E-state index contributed by atoms with van der Waals surface area (Å²) >= 11 is 1.28. The molecule has 4 rings (SSSR count). The van der Waals surface area contributed by atoms with Gasteiger partial charge in [0.1, 0.15) is 0 Å². The number of thioether (sulfide) groups is 1. The van der Waals surface area contributed by atoms with Crippen molar-refractivity contribution in [2.24, 2.45) is 10.2 Å². The zero-order chi connectivity index (χ0) is 25.2. The molecule has 3 aromatic carbocycles. The summed E-state index contributed by atoms with van der Waals surface area (Å²) in [6.45, 7) is 2.76. The van der Waals surface area contributed by atoms with Crippen LogP contribution in [0.4, 0.5) is 17.1 Å². The van der Waals surface area contributed by atoms with Crippen LogP contribution in [0.25, 0.3) is 10.9 Å². The van der Waals surface area contributed by atoms with E-state index in [1.54, 1.807) is 34.9 Å². The number of amides is 1. The summed E-state index contributed by atoms with van der Waals surface area (Å²) in [7, 11) is 0. The third kappa shape index (κ3) is 6.88. The Hall–Kier alpha value is -3.78. The van der Waals surface area contributed by atoms with Crippen LogP contribution < -0.4 is 10.9 Å². The highest BCUT2D eigenvalue weighted by Crippen LogP contribution is 2.22. The summed E-state index contributed by atoms with van der Waals surface area (Å²) in [5.41, 5.74) is 2.73. The highest BCUT2D eigenvalue weighted by molar-refractivity contribution is 7.99. The van der Waals surface area contributed by atoms with Crippen LogP contribution in [0, 0.1) is 0 Å². The number of nitrogens with one attached hydrogen (secondary N) is 1. The van der Waals surface area contributed by atoms with E-state index in [0.717, 1.165) is 31.4 Å². The van der Waals surface area contributed by atoms with Gasteiger partial charge < -0.3 is 5.32 Å². The first-order valence-corrected chi connectivity index (χ1v) is 13.1. The lowest BCUT2D eigenvalue weighted by atomic mass is 10.2. The normalized spacial score (nSPS) is 11.2. The van der Waals surface area contributed by atoms with Crippen LogP contribution in [0.15, 0.2) is 99.0 Å². The Morgan fingerprint density at radius 2 is 1.58 bits per heavy atom. The van der Waals surface area contributed by atoms with Crippen molar-refractivity contribution >= 4 is 45.6 Å². The maximum absolute atomic E-state index is 13.1. The number of benzene rings is 3. The highest BCUT2D eigenvalue weighted by Gasteiger charge is 2.13. The Bertz CT molecular complexity index is 1380. The number of fused-ring (bicyclic) bond motifs is 1. The fourth-order valence-electron chi connectivity index (χ4n) is 3.70. The second-order valence-electron chi connectivity index (χ2n) is 8.35. The molecule has 1 amide bonds. The van der Waals surface area contributed by atoms with Crippen molar-refractivity contribution in [1.82, 2.24) is 9.55 Å². The van der Waals surface area contributed by atoms with Crippen LogP contribution in [-0.2, 0) is 11.3 Å². The summed E-state index contributed by atoms with van der Waals surface area (Å²) in [6.07, 6.45) is 4.22. The van der Waals surface area contributed by atoms with Crippen LogP contribution >= 0.6 is 11.8 Å². The second-order valence-corrected chi connectivity index (χ2v) is 9.29. The van der Waals surface area contributed by atoms with Gasteiger partial charge in [-0.1, -0.05) is 68.3 Å². The molecule has 184 valence electrons. The molecule has 1 aromatic heterocycles. The molecule has 36 heavy (non-hydrogen) atoms. The molecule has 0 radical (unpaired) electrons. The molecule has 0 saturated heterocycles. The van der Waals surface area contributed by atoms with E-state index in [0.29, 0.717) is 34.0 Å². The minimum Gasteiger partial charge on any atom is -0.325 e. The van der Waals surface area contributed by atoms with Gasteiger partial charge in [-0.3, -0.25) is 14.2 Å². The standard InChI is InChI=1S/C28H29N5O2S/c1-2-3-4-10-19-33-27(35)24-13-8-9-14-25(24)30-28(33)36-20-26(34)29-21-15-17-23(18-16-21)32-31-22-11-6-5-7-12-22/h5-9,11-18H,2-4,10,19-20H2,1H3,(H,29,34). The zero-order valence-corrected chi connectivity index (χ0v) is 21.1. The van der Waals surface area contributed by atoms with Gasteiger partial charge in [-0.25, -0.2) is 4.98 Å². The van der Waals surface area contributed by atoms with E-state index in [2.05, 4.69) is 22.5 Å². The SMILES string of the molecule is CCCCCCn1c(SCC(=O)Nc2ccc(N=Nc3ccccc3)cc2)nc2ccccc2c1=O. The summed E-state index contributed by atoms with van der Waals surface area (Å²) < 4.78 is 1.71. The predicted molar refractivity (Wildman–Crippen MR) is 147 cm³/mol. The molecule has 0 atom stereocenters. The van der Waals surface area contributed by atoms with Gasteiger partial charge in [0.15, 0.2) is 5.16 Å². The number of anilines is 1. The first-order chi connectivity index (χ1) is 17.6. The van der Waals surface area contributed by atoms with Crippen molar-refractivity contribution in [3.63, 3.8) is 0 Å². The number of para-hydroxylation sites is 1. The Kier molecular flexibility index (Phi) is 8.99. The quantitative estimate of drug-likeness (QED) is 0.103. The van der Waals surface area contributed by atoms with Crippen LogP contribution in [0.2, 0.25) is 0 Å². The molecule has 0 aliphatic heterocycles. The van der Waals surface area contributed by atoms with Gasteiger partial charge in [0.2, 0.25) is 5.91 Å². The number of nitrogens with zero attached hydrogens (tertiary/aromatic N) is 4. The molecule has 7 nitrogen and oxygen atoms in total. The Morgan fingerprint density at radius 1 is 0.889 bits per heavy atom. The molecule has 0 aliphatic rings. The first-order valence-electron chi connectivity index (χ1n) is 12.1. The molecule has 0 spiro atoms. The lowest BCUT2D eigenvalue weighted by Crippen LogP contribution is -2.24. The number of unbranched alkanes of at least 4 members (excludes halogenated alkanes) is 3. The maximum Gasteiger partial charge on any atom is 0.262 e. The topological polar surface area (TPSA) is 88.7 Å². The van der Waals surface area contributed by atoms with Gasteiger partial charge in [0.05, 0.1) is 28.0 Å². The lowest BCUT2D eigenvalue weighted by Gasteiger charge is -2.13. The Balaban J connectivity index is 1.40. The number of carbonyl (C=O) groups is 1. The molecular weight excluding hydrogens is 470 g/mol. The van der Waals surface area contributed by atoms with E-state index in [1.807, 2.05) is 48.5 Å². The highest BCUT2D eigenvalue weighted by atomic mass is 32.2. The van der Waals surface area contributed by atoms with E-state index in [-0.39, 0.29) is 17.2 Å². The fraction of sp³-hybridized carbons (Fsp3) is 0.250. The zero-order valence-electron chi connectivity index (χ0n) is 20.3. The van der Waals surface area contributed by atoms with Crippen molar-refractivity contribution in [1.29, 1.82) is 0 Å². The molecule has 8 heteroatoms. The molecule has 0 bridgehead atoms. The van der Waals surface area contributed by atoms with Gasteiger partial charge in [-0.2, -0.15) is 10.2 Å². The monoisotopic (exact) mass is 499 g/mol. The number of azo groups is 1. The molecular formula is C28H29N5O2S. The van der Waals surface area contributed by atoms with Gasteiger partial charge in [-0.05, 0) is 55.0 Å². The number of hydrogen-bond acceptors (Lipinski definition) is 6. The van der Waals surface area contributed by atoms with Crippen molar-refractivity contribution in [3.8, 4) is 0 Å². The van der Waals surface area contributed by atoms with Gasteiger partial charge in [-0.15, -0.1) is 0 Å². The Morgan fingerprint density at radius 3 is 2.33 bits per heavy atom. The van der Waals surface area contributed by atoms with Crippen LogP contribution in [0.1, 0.15) is 32.6 Å². The number of carbonyl (C=O) groups excluding carboxylic acids is 1. The smallest absolute Gasteiger partial charge is 0.262 e. The number of hydrogen-bond donors (Lipinski definition) is 1. The molecule has 1 N–H and O–H groups in total. The largest absolute Gasteiger partial charge is 0.325 e. The fourth-order valence-corrected chi connectivity index (χ4v) is 4.53. The van der Waals surface area contributed by atoms with Crippen molar-refractivity contribution < 1.29 is 4.79 Å². The number of rotatable bonds is 11. The Labute approximate surface area is 214 Å². The van der Waals surface area contributed by atoms with E-state index >= 15 is 0 Å². The second kappa shape index (κ2) is 12.8. The molecule has 4 aromatic rings. The van der Waals surface area contributed by atoms with Crippen LogP contribution in [-0.4, -0.2) is 21.2 Å². The average Bonchev–Trinajstić information content (AvgIpc) is 2.91. The van der Waals surface area contributed by atoms with Crippen LogP contribution in [0.3, 0.4) is 0 Å². The summed E-state index contributed by atoms with van der Waals surface area (Å²) in [5, 5.41) is 12.5.